The Morgan fingerprint density at radius 1 is 1.19 bits per heavy atom. The van der Waals surface area contributed by atoms with Gasteiger partial charge in [0.25, 0.3) is 15.9 Å². The van der Waals surface area contributed by atoms with Crippen molar-refractivity contribution in [3.63, 3.8) is 0 Å². The summed E-state index contributed by atoms with van der Waals surface area (Å²) in [4.78, 5) is 12.3. The number of amides is 1. The number of nitrogens with zero attached hydrogens (tertiary/aromatic N) is 2. The van der Waals surface area contributed by atoms with Crippen molar-refractivity contribution >= 4 is 39.5 Å². The van der Waals surface area contributed by atoms with Gasteiger partial charge in [-0.25, -0.2) is 13.8 Å². The van der Waals surface area contributed by atoms with Crippen LogP contribution in [0.2, 0.25) is 5.02 Å². The fraction of sp³-hybridized carbons (Fsp3) is 0.0588. The molecule has 0 aromatic heterocycles. The molecule has 2 aromatic rings. The standard InChI is InChI=1S/C17H14ClN3O4S/c1-21-15(16(22)13-4-2-3-5-14(13)26(21,24)25)17(23)20-19-10-11-6-8-12(18)9-7-11/h2-10,22H,1H3,(H,20,23)/b19-10+. The largest absolute Gasteiger partial charge is 0.505 e. The van der Waals surface area contributed by atoms with Gasteiger partial charge < -0.3 is 5.11 Å². The molecule has 1 aliphatic heterocycles. The van der Waals surface area contributed by atoms with Crippen LogP contribution in [0.3, 0.4) is 0 Å². The Morgan fingerprint density at radius 3 is 2.54 bits per heavy atom. The molecule has 0 atom stereocenters. The summed E-state index contributed by atoms with van der Waals surface area (Å²) in [6.45, 7) is 0. The SMILES string of the molecule is CN1C(C(=O)N/N=C/c2ccc(Cl)cc2)=C(O)c2ccccc2S1(=O)=O. The van der Waals surface area contributed by atoms with E-state index in [0.29, 0.717) is 10.6 Å². The zero-order chi connectivity index (χ0) is 18.9. The van der Waals surface area contributed by atoms with Crippen LogP contribution in [-0.2, 0) is 14.8 Å². The molecule has 0 fully saturated rings. The van der Waals surface area contributed by atoms with Gasteiger partial charge in [-0.15, -0.1) is 0 Å². The number of nitrogens with one attached hydrogen (secondary N) is 1. The summed E-state index contributed by atoms with van der Waals surface area (Å²) in [5.41, 5.74) is 2.56. The lowest BCUT2D eigenvalue weighted by Gasteiger charge is -2.27. The van der Waals surface area contributed by atoms with E-state index in [4.69, 9.17) is 11.6 Å². The first-order chi connectivity index (χ1) is 12.3. The molecule has 1 amide bonds. The monoisotopic (exact) mass is 391 g/mol. The van der Waals surface area contributed by atoms with E-state index in [9.17, 15) is 18.3 Å². The van der Waals surface area contributed by atoms with Gasteiger partial charge in [0, 0.05) is 17.6 Å². The number of sulfonamides is 1. The van der Waals surface area contributed by atoms with Crippen molar-refractivity contribution in [1.29, 1.82) is 0 Å². The molecule has 7 nitrogen and oxygen atoms in total. The Morgan fingerprint density at radius 2 is 1.85 bits per heavy atom. The van der Waals surface area contributed by atoms with E-state index in [1.807, 2.05) is 0 Å². The minimum absolute atomic E-state index is 0.0671. The van der Waals surface area contributed by atoms with E-state index in [1.165, 1.54) is 25.4 Å². The lowest BCUT2D eigenvalue weighted by atomic mass is 10.1. The number of hydrogen-bond donors (Lipinski definition) is 2. The van der Waals surface area contributed by atoms with Gasteiger partial charge in [-0.3, -0.25) is 9.10 Å². The number of hydrazone groups is 1. The molecular weight excluding hydrogens is 378 g/mol. The summed E-state index contributed by atoms with van der Waals surface area (Å²) in [7, 11) is -2.75. The van der Waals surface area contributed by atoms with Crippen molar-refractivity contribution in [2.45, 2.75) is 4.90 Å². The number of hydrogen-bond acceptors (Lipinski definition) is 5. The van der Waals surface area contributed by atoms with Gasteiger partial charge in [0.2, 0.25) is 0 Å². The molecule has 0 aliphatic carbocycles. The summed E-state index contributed by atoms with van der Waals surface area (Å²) in [6, 6.07) is 12.6. The molecule has 0 unspecified atom stereocenters. The molecule has 3 rings (SSSR count). The molecule has 0 bridgehead atoms. The van der Waals surface area contributed by atoms with Gasteiger partial charge in [0.1, 0.15) is 0 Å². The highest BCUT2D eigenvalue weighted by Crippen LogP contribution is 2.34. The molecule has 0 radical (unpaired) electrons. The number of halogens is 1. The van der Waals surface area contributed by atoms with Crippen molar-refractivity contribution in [3.05, 3.63) is 70.4 Å². The van der Waals surface area contributed by atoms with Crippen LogP contribution in [-0.4, -0.2) is 37.0 Å². The fourth-order valence-electron chi connectivity index (χ4n) is 2.45. The number of carbonyl (C=O) groups excluding carboxylic acids is 1. The maximum absolute atomic E-state index is 12.5. The predicted octanol–water partition coefficient (Wildman–Crippen LogP) is 2.35. The average molecular weight is 392 g/mol. The topological polar surface area (TPSA) is 99.1 Å². The van der Waals surface area contributed by atoms with Crippen molar-refractivity contribution in [1.82, 2.24) is 9.73 Å². The van der Waals surface area contributed by atoms with Crippen LogP contribution in [0.4, 0.5) is 0 Å². The quantitative estimate of drug-likeness (QED) is 0.619. The van der Waals surface area contributed by atoms with Gasteiger partial charge in [0.05, 0.1) is 11.1 Å². The summed E-state index contributed by atoms with van der Waals surface area (Å²) < 4.78 is 25.8. The first-order valence-corrected chi connectivity index (χ1v) is 9.24. The van der Waals surface area contributed by atoms with Crippen LogP contribution in [0, 0.1) is 0 Å². The second-order valence-electron chi connectivity index (χ2n) is 5.42. The Labute approximate surface area is 155 Å². The van der Waals surface area contributed by atoms with E-state index in [2.05, 4.69) is 10.5 Å². The third-order valence-corrected chi connectivity index (χ3v) is 5.85. The minimum Gasteiger partial charge on any atom is -0.505 e. The van der Waals surface area contributed by atoms with Crippen LogP contribution in [0.15, 0.2) is 64.2 Å². The molecule has 9 heteroatoms. The Hall–Kier alpha value is -2.84. The highest BCUT2D eigenvalue weighted by Gasteiger charge is 2.37. The second-order valence-corrected chi connectivity index (χ2v) is 7.79. The maximum Gasteiger partial charge on any atom is 0.292 e. The Bertz CT molecular complexity index is 1030. The molecule has 1 aliphatic rings. The molecule has 134 valence electrons. The molecule has 26 heavy (non-hydrogen) atoms. The number of aliphatic hydroxyl groups excluding tert-OH is 1. The number of aliphatic hydroxyl groups is 1. The number of rotatable bonds is 3. The molecular formula is C17H14ClN3O4S. The van der Waals surface area contributed by atoms with Crippen LogP contribution < -0.4 is 5.43 Å². The highest BCUT2D eigenvalue weighted by molar-refractivity contribution is 7.89. The van der Waals surface area contributed by atoms with Crippen molar-refractivity contribution in [2.75, 3.05) is 7.05 Å². The minimum atomic E-state index is -3.94. The smallest absolute Gasteiger partial charge is 0.292 e. The third-order valence-electron chi connectivity index (χ3n) is 3.78. The fourth-order valence-corrected chi connectivity index (χ4v) is 3.97. The van der Waals surface area contributed by atoms with E-state index in [-0.39, 0.29) is 10.5 Å². The predicted molar refractivity (Wildman–Crippen MR) is 98.1 cm³/mol. The van der Waals surface area contributed by atoms with Gasteiger partial charge in [-0.05, 0) is 29.8 Å². The Balaban J connectivity index is 1.90. The van der Waals surface area contributed by atoms with E-state index in [1.54, 1.807) is 36.4 Å². The van der Waals surface area contributed by atoms with Gasteiger partial charge in [-0.1, -0.05) is 35.9 Å². The molecule has 0 spiro atoms. The van der Waals surface area contributed by atoms with Crippen molar-refractivity contribution in [3.8, 4) is 0 Å². The molecule has 0 saturated heterocycles. The Kier molecular flexibility index (Phi) is 4.71. The van der Waals surface area contributed by atoms with E-state index < -0.39 is 27.4 Å². The normalized spacial score (nSPS) is 15.8. The van der Waals surface area contributed by atoms with Crippen LogP contribution in [0.25, 0.3) is 5.76 Å². The number of benzene rings is 2. The van der Waals surface area contributed by atoms with Gasteiger partial charge >= 0.3 is 0 Å². The number of fused-ring (bicyclic) bond motifs is 1. The first kappa shape index (κ1) is 18.0. The van der Waals surface area contributed by atoms with E-state index in [0.717, 1.165) is 4.31 Å². The third kappa shape index (κ3) is 3.16. The summed E-state index contributed by atoms with van der Waals surface area (Å²) in [5, 5.41) is 14.7. The second kappa shape index (κ2) is 6.81. The van der Waals surface area contributed by atoms with Crippen LogP contribution >= 0.6 is 11.6 Å². The molecule has 0 saturated carbocycles. The number of likely N-dealkylation sites (N-methyl/N-ethyl adjacent to an activating group) is 1. The van der Waals surface area contributed by atoms with E-state index >= 15 is 0 Å². The average Bonchev–Trinajstić information content (AvgIpc) is 2.62. The first-order valence-electron chi connectivity index (χ1n) is 7.43. The van der Waals surface area contributed by atoms with Gasteiger partial charge in [0.15, 0.2) is 11.5 Å². The maximum atomic E-state index is 12.5. The summed E-state index contributed by atoms with van der Waals surface area (Å²) in [5.74, 6) is -1.29. The zero-order valence-electron chi connectivity index (χ0n) is 13.5. The summed E-state index contributed by atoms with van der Waals surface area (Å²) in [6.07, 6.45) is 1.37. The van der Waals surface area contributed by atoms with Crippen LogP contribution in [0.1, 0.15) is 11.1 Å². The lowest BCUT2D eigenvalue weighted by molar-refractivity contribution is -0.118. The zero-order valence-corrected chi connectivity index (χ0v) is 15.1. The van der Waals surface area contributed by atoms with Crippen molar-refractivity contribution < 1.29 is 18.3 Å². The lowest BCUT2D eigenvalue weighted by Crippen LogP contribution is -2.38. The highest BCUT2D eigenvalue weighted by atomic mass is 35.5. The molecule has 2 N–H and O–H groups in total. The summed E-state index contributed by atoms with van der Waals surface area (Å²) >= 11 is 5.79. The molecule has 2 aromatic carbocycles. The van der Waals surface area contributed by atoms with Crippen LogP contribution in [0.5, 0.6) is 0 Å². The molecule has 1 heterocycles. The van der Waals surface area contributed by atoms with Gasteiger partial charge in [-0.2, -0.15) is 5.10 Å². The number of carbonyl (C=O) groups is 1. The van der Waals surface area contributed by atoms with Crippen molar-refractivity contribution in [2.24, 2.45) is 5.10 Å².